The molecule has 0 bridgehead atoms. The van der Waals surface area contributed by atoms with Gasteiger partial charge in [-0.25, -0.2) is 22.9 Å². The zero-order valence-corrected chi connectivity index (χ0v) is 15.5. The third-order valence-corrected chi connectivity index (χ3v) is 6.17. The van der Waals surface area contributed by atoms with Gasteiger partial charge in [-0.1, -0.05) is 6.07 Å². The van der Waals surface area contributed by atoms with Gasteiger partial charge in [-0.2, -0.15) is 0 Å². The molecule has 0 aromatic heterocycles. The number of benzene rings is 1. The van der Waals surface area contributed by atoms with Gasteiger partial charge < -0.3 is 5.32 Å². The van der Waals surface area contributed by atoms with Crippen LogP contribution in [0.5, 0.6) is 0 Å². The number of carbonyl (C=O) groups is 1. The minimum atomic E-state index is -3.96. The first-order valence-electron chi connectivity index (χ1n) is 8.57. The number of sulfonamides is 1. The maximum atomic E-state index is 12.4. The predicted octanol–water partition coefficient (Wildman–Crippen LogP) is 2.71. The van der Waals surface area contributed by atoms with Crippen LogP contribution in [0.25, 0.3) is 0 Å². The molecule has 1 aromatic carbocycles. The van der Waals surface area contributed by atoms with Crippen molar-refractivity contribution < 1.29 is 13.2 Å². The van der Waals surface area contributed by atoms with E-state index in [0.717, 1.165) is 67.9 Å². The number of nitrogens with one attached hydrogen (secondary N) is 2. The molecule has 7 nitrogen and oxygen atoms in total. The number of aliphatic imine (C=N–C) groups is 2. The smallest absolute Gasteiger partial charge is 0.307 e. The van der Waals surface area contributed by atoms with Crippen LogP contribution in [0.1, 0.15) is 42.0 Å². The molecular weight excluding hydrogens is 352 g/mol. The standard InChI is InChI=1S/C18H22N4O3S/c1-12(10-20-11-19-2)26(24,25)22-18(23)21-17-15-7-3-5-13(15)9-14-6-4-8-16(14)17/h9-11H,2-8H2,1H3,(H2,21,22,23)/b12-10+,20-11-. The Kier molecular flexibility index (Phi) is 5.22. The molecule has 0 fully saturated rings. The highest BCUT2D eigenvalue weighted by Gasteiger charge is 2.26. The number of amides is 2. The third-order valence-electron chi connectivity index (χ3n) is 4.77. The molecule has 138 valence electrons. The molecule has 2 aliphatic carbocycles. The van der Waals surface area contributed by atoms with E-state index in [1.165, 1.54) is 18.1 Å². The molecule has 2 aliphatic rings. The van der Waals surface area contributed by atoms with Crippen LogP contribution >= 0.6 is 0 Å². The fourth-order valence-electron chi connectivity index (χ4n) is 3.56. The van der Waals surface area contributed by atoms with Gasteiger partial charge in [0.1, 0.15) is 6.34 Å². The molecule has 0 unspecified atom stereocenters. The second-order valence-corrected chi connectivity index (χ2v) is 8.34. The minimum Gasteiger partial charge on any atom is -0.307 e. The van der Waals surface area contributed by atoms with Crippen LogP contribution in [-0.4, -0.2) is 27.5 Å². The lowest BCUT2D eigenvalue weighted by atomic mass is 9.99. The number of nitrogens with zero attached hydrogens (tertiary/aromatic N) is 2. The Hall–Kier alpha value is -2.48. The fraction of sp³-hybridized carbons (Fsp3) is 0.389. The van der Waals surface area contributed by atoms with Crippen molar-refractivity contribution in [3.8, 4) is 0 Å². The van der Waals surface area contributed by atoms with Gasteiger partial charge in [0.05, 0.1) is 4.91 Å². The summed E-state index contributed by atoms with van der Waals surface area (Å²) in [5.74, 6) is 0. The van der Waals surface area contributed by atoms with Crippen LogP contribution in [0.3, 0.4) is 0 Å². The predicted molar refractivity (Wildman–Crippen MR) is 103 cm³/mol. The van der Waals surface area contributed by atoms with Crippen LogP contribution in [0.15, 0.2) is 27.2 Å². The summed E-state index contributed by atoms with van der Waals surface area (Å²) in [5, 5.41) is 2.80. The number of hydrogen-bond acceptors (Lipinski definition) is 4. The van der Waals surface area contributed by atoms with E-state index in [-0.39, 0.29) is 4.91 Å². The number of urea groups is 1. The second-order valence-electron chi connectivity index (χ2n) is 6.48. The minimum absolute atomic E-state index is 0.0870. The molecule has 3 rings (SSSR count). The topological polar surface area (TPSA) is 100.0 Å². The Morgan fingerprint density at radius 2 is 1.77 bits per heavy atom. The van der Waals surface area contributed by atoms with Gasteiger partial charge in [-0.15, -0.1) is 0 Å². The second kappa shape index (κ2) is 7.41. The molecule has 1 aromatic rings. The van der Waals surface area contributed by atoms with Crippen LogP contribution in [0.2, 0.25) is 0 Å². The van der Waals surface area contributed by atoms with Gasteiger partial charge >= 0.3 is 6.03 Å². The number of anilines is 1. The molecule has 0 saturated carbocycles. The summed E-state index contributed by atoms with van der Waals surface area (Å²) in [6.07, 6.45) is 8.19. The summed E-state index contributed by atoms with van der Waals surface area (Å²) >= 11 is 0. The quantitative estimate of drug-likeness (QED) is 0.612. The summed E-state index contributed by atoms with van der Waals surface area (Å²) in [4.78, 5) is 19.3. The molecule has 26 heavy (non-hydrogen) atoms. The summed E-state index contributed by atoms with van der Waals surface area (Å²) in [6.45, 7) is 4.57. The molecular formula is C18H22N4O3S. The molecule has 0 saturated heterocycles. The maximum absolute atomic E-state index is 12.4. The molecule has 0 radical (unpaired) electrons. The van der Waals surface area contributed by atoms with Gasteiger partial charge in [0.15, 0.2) is 0 Å². The van der Waals surface area contributed by atoms with Crippen LogP contribution in [0.4, 0.5) is 10.5 Å². The van der Waals surface area contributed by atoms with E-state index in [9.17, 15) is 13.2 Å². The highest BCUT2D eigenvalue weighted by Crippen LogP contribution is 2.38. The first kappa shape index (κ1) is 18.3. The largest absolute Gasteiger partial charge is 0.333 e. The van der Waals surface area contributed by atoms with E-state index in [0.29, 0.717) is 0 Å². The van der Waals surface area contributed by atoms with Gasteiger partial charge in [-0.05, 0) is 74.4 Å². The molecule has 8 heteroatoms. The molecule has 0 atom stereocenters. The average molecular weight is 374 g/mol. The summed E-state index contributed by atoms with van der Waals surface area (Å²) < 4.78 is 26.5. The van der Waals surface area contributed by atoms with Gasteiger partial charge in [0.25, 0.3) is 10.0 Å². The number of carbonyl (C=O) groups excluding carboxylic acids is 1. The number of aryl methyl sites for hydroxylation is 2. The van der Waals surface area contributed by atoms with E-state index < -0.39 is 16.1 Å². The molecule has 0 heterocycles. The first-order valence-corrected chi connectivity index (χ1v) is 10.0. The van der Waals surface area contributed by atoms with Gasteiger partial charge in [0.2, 0.25) is 0 Å². The maximum Gasteiger partial charge on any atom is 0.333 e. The first-order chi connectivity index (χ1) is 12.4. The summed E-state index contributed by atoms with van der Waals surface area (Å²) in [6, 6.07) is 1.50. The molecule has 0 aliphatic heterocycles. The van der Waals surface area contributed by atoms with E-state index in [1.807, 2.05) is 4.72 Å². The van der Waals surface area contributed by atoms with Crippen molar-refractivity contribution in [1.29, 1.82) is 0 Å². The monoisotopic (exact) mass is 374 g/mol. The summed E-state index contributed by atoms with van der Waals surface area (Å²) in [7, 11) is -3.96. The Morgan fingerprint density at radius 3 is 2.35 bits per heavy atom. The van der Waals surface area contributed by atoms with E-state index in [4.69, 9.17) is 0 Å². The van der Waals surface area contributed by atoms with Gasteiger partial charge in [-0.3, -0.25) is 4.99 Å². The van der Waals surface area contributed by atoms with Crippen LogP contribution < -0.4 is 10.0 Å². The fourth-order valence-corrected chi connectivity index (χ4v) is 4.22. The average Bonchev–Trinajstić information content (AvgIpc) is 3.23. The Labute approximate surface area is 153 Å². The lowest BCUT2D eigenvalue weighted by Crippen LogP contribution is -2.35. The zero-order chi connectivity index (χ0) is 18.7. The van der Waals surface area contributed by atoms with Crippen molar-refractivity contribution in [3.63, 3.8) is 0 Å². The number of hydrogen-bond donors (Lipinski definition) is 2. The van der Waals surface area contributed by atoms with E-state index in [1.54, 1.807) is 0 Å². The van der Waals surface area contributed by atoms with Crippen molar-refractivity contribution in [2.24, 2.45) is 9.98 Å². The molecule has 0 spiro atoms. The van der Waals surface area contributed by atoms with Crippen molar-refractivity contribution in [2.75, 3.05) is 5.32 Å². The highest BCUT2D eigenvalue weighted by atomic mass is 32.2. The normalized spacial score (nSPS) is 16.4. The SMILES string of the molecule is C=N/C=N\C=C(/C)S(=O)(=O)NC(=O)Nc1c2c(cc3c1CCC3)CCC2. The van der Waals surface area contributed by atoms with Crippen molar-refractivity contribution >= 4 is 34.8 Å². The highest BCUT2D eigenvalue weighted by molar-refractivity contribution is 7.93. The number of allylic oxidation sites excluding steroid dienone is 1. The van der Waals surface area contributed by atoms with Crippen molar-refractivity contribution in [1.82, 2.24) is 4.72 Å². The third kappa shape index (κ3) is 3.70. The lowest BCUT2D eigenvalue weighted by Gasteiger charge is -2.16. The van der Waals surface area contributed by atoms with E-state index in [2.05, 4.69) is 28.1 Å². The van der Waals surface area contributed by atoms with Crippen LogP contribution in [-0.2, 0) is 35.7 Å². The molecule has 2 amide bonds. The molecule has 2 N–H and O–H groups in total. The van der Waals surface area contributed by atoms with Crippen molar-refractivity contribution in [2.45, 2.75) is 45.4 Å². The Balaban J connectivity index is 1.80. The Bertz CT molecular complexity index is 885. The Morgan fingerprint density at radius 1 is 1.15 bits per heavy atom. The van der Waals surface area contributed by atoms with Crippen molar-refractivity contribution in [3.05, 3.63) is 39.4 Å². The number of rotatable bonds is 5. The van der Waals surface area contributed by atoms with Crippen LogP contribution in [0, 0.1) is 0 Å². The summed E-state index contributed by atoms with van der Waals surface area (Å²) in [5.41, 5.74) is 5.63. The van der Waals surface area contributed by atoms with Gasteiger partial charge in [0, 0.05) is 11.9 Å². The zero-order valence-electron chi connectivity index (χ0n) is 14.7. The number of fused-ring (bicyclic) bond motifs is 2. The van der Waals surface area contributed by atoms with E-state index >= 15 is 0 Å². The lowest BCUT2D eigenvalue weighted by molar-refractivity contribution is 0.256.